The van der Waals surface area contributed by atoms with Crippen LogP contribution >= 0.6 is 0 Å². The number of guanidine groups is 1. The van der Waals surface area contributed by atoms with Crippen molar-refractivity contribution < 1.29 is 4.79 Å². The first-order valence-electron chi connectivity index (χ1n) is 10.5. The highest BCUT2D eigenvalue weighted by molar-refractivity contribution is 5.81. The van der Waals surface area contributed by atoms with E-state index in [9.17, 15) is 4.79 Å². The molecule has 2 N–H and O–H groups in total. The van der Waals surface area contributed by atoms with Crippen LogP contribution in [0.2, 0.25) is 0 Å². The summed E-state index contributed by atoms with van der Waals surface area (Å²) < 4.78 is 0. The second kappa shape index (κ2) is 8.13. The summed E-state index contributed by atoms with van der Waals surface area (Å²) in [6.45, 7) is 8.63. The van der Waals surface area contributed by atoms with Gasteiger partial charge in [-0.3, -0.25) is 19.6 Å². The van der Waals surface area contributed by atoms with Gasteiger partial charge in [-0.15, -0.1) is 0 Å². The summed E-state index contributed by atoms with van der Waals surface area (Å²) in [6, 6.07) is 0.901. The van der Waals surface area contributed by atoms with Crippen molar-refractivity contribution in [2.45, 2.75) is 44.2 Å². The molecule has 1 saturated carbocycles. The van der Waals surface area contributed by atoms with E-state index in [1.165, 1.54) is 39.0 Å². The summed E-state index contributed by atoms with van der Waals surface area (Å²) >= 11 is 0. The molecule has 0 aromatic carbocycles. The molecular formula is C19H34N6O. The van der Waals surface area contributed by atoms with Crippen LogP contribution in [0.25, 0.3) is 0 Å². The minimum atomic E-state index is 0.289. The Morgan fingerprint density at radius 2 is 1.81 bits per heavy atom. The fourth-order valence-electron chi connectivity index (χ4n) is 5.03. The first kappa shape index (κ1) is 18.0. The van der Waals surface area contributed by atoms with Gasteiger partial charge >= 0.3 is 0 Å². The van der Waals surface area contributed by atoms with E-state index in [0.717, 1.165) is 51.4 Å². The molecular weight excluding hydrogens is 328 g/mol. The topological polar surface area (TPSA) is 63.2 Å². The summed E-state index contributed by atoms with van der Waals surface area (Å²) in [5, 5.41) is 7.05. The summed E-state index contributed by atoms with van der Waals surface area (Å²) in [6.07, 6.45) is 5.63. The molecule has 1 aliphatic carbocycles. The van der Waals surface area contributed by atoms with Crippen LogP contribution in [-0.4, -0.2) is 98.1 Å². The number of fused-ring (bicyclic) bond motifs is 3. The molecule has 0 aromatic heterocycles. The molecule has 5 rings (SSSR count). The van der Waals surface area contributed by atoms with Gasteiger partial charge in [-0.1, -0.05) is 12.8 Å². The number of nitrogens with one attached hydrogen (secondary N) is 2. The van der Waals surface area contributed by atoms with E-state index in [2.05, 4.69) is 30.3 Å². The molecule has 2 atom stereocenters. The van der Waals surface area contributed by atoms with Crippen molar-refractivity contribution in [3.8, 4) is 0 Å². The third-order valence-corrected chi connectivity index (χ3v) is 6.67. The first-order chi connectivity index (χ1) is 12.7. The van der Waals surface area contributed by atoms with Crippen molar-refractivity contribution in [1.29, 1.82) is 0 Å². The van der Waals surface area contributed by atoms with Crippen molar-refractivity contribution in [3.63, 3.8) is 0 Å². The number of carbonyl (C=O) groups is 1. The maximum atomic E-state index is 12.6. The van der Waals surface area contributed by atoms with Crippen molar-refractivity contribution in [1.82, 2.24) is 25.3 Å². The van der Waals surface area contributed by atoms with Crippen molar-refractivity contribution >= 4 is 11.9 Å². The third kappa shape index (κ3) is 3.98. The van der Waals surface area contributed by atoms with Gasteiger partial charge in [0, 0.05) is 77.4 Å². The number of amides is 1. The molecule has 0 radical (unpaired) electrons. The zero-order valence-corrected chi connectivity index (χ0v) is 16.1. The van der Waals surface area contributed by atoms with Gasteiger partial charge in [-0.25, -0.2) is 0 Å². The monoisotopic (exact) mass is 362 g/mol. The Kier molecular flexibility index (Phi) is 5.64. The third-order valence-electron chi connectivity index (χ3n) is 6.67. The van der Waals surface area contributed by atoms with Gasteiger partial charge in [0.2, 0.25) is 5.91 Å². The van der Waals surface area contributed by atoms with Gasteiger partial charge in [-0.05, 0) is 19.3 Å². The van der Waals surface area contributed by atoms with E-state index in [0.29, 0.717) is 18.0 Å². The first-order valence-corrected chi connectivity index (χ1v) is 10.5. The van der Waals surface area contributed by atoms with E-state index < -0.39 is 0 Å². The Morgan fingerprint density at radius 1 is 1.04 bits per heavy atom. The SMILES string of the molecule is CN=C(NCC1CN2CCN1CC2)NC1CCN(C(=O)C2CCCC2)C1. The van der Waals surface area contributed by atoms with Gasteiger partial charge < -0.3 is 15.5 Å². The zero-order chi connectivity index (χ0) is 17.9. The van der Waals surface area contributed by atoms with Crippen molar-refractivity contribution in [2.75, 3.05) is 59.4 Å². The van der Waals surface area contributed by atoms with Crippen LogP contribution in [0.4, 0.5) is 0 Å². The molecule has 0 spiro atoms. The lowest BCUT2D eigenvalue weighted by Gasteiger charge is -2.47. The molecule has 7 nitrogen and oxygen atoms in total. The highest BCUT2D eigenvalue weighted by Gasteiger charge is 2.33. The Labute approximate surface area is 157 Å². The van der Waals surface area contributed by atoms with Crippen LogP contribution in [0.3, 0.4) is 0 Å². The fourth-order valence-corrected chi connectivity index (χ4v) is 5.03. The maximum absolute atomic E-state index is 12.6. The predicted octanol–water partition coefficient (Wildman–Crippen LogP) is -0.0577. The number of carbonyl (C=O) groups excluding carboxylic acids is 1. The maximum Gasteiger partial charge on any atom is 0.225 e. The second-order valence-corrected chi connectivity index (χ2v) is 8.34. The number of hydrogen-bond acceptors (Lipinski definition) is 4. The quantitative estimate of drug-likeness (QED) is 0.542. The minimum absolute atomic E-state index is 0.289. The molecule has 2 unspecified atom stereocenters. The molecule has 2 bridgehead atoms. The number of hydrogen-bond donors (Lipinski definition) is 2. The van der Waals surface area contributed by atoms with Crippen LogP contribution in [0.5, 0.6) is 0 Å². The van der Waals surface area contributed by atoms with Crippen molar-refractivity contribution in [3.05, 3.63) is 0 Å². The average Bonchev–Trinajstić information content (AvgIpc) is 3.37. The number of likely N-dealkylation sites (tertiary alicyclic amines) is 1. The van der Waals surface area contributed by atoms with E-state index in [4.69, 9.17) is 0 Å². The van der Waals surface area contributed by atoms with Gasteiger partial charge in [0.25, 0.3) is 0 Å². The number of rotatable bonds is 4. The molecule has 4 aliphatic heterocycles. The van der Waals surface area contributed by atoms with Gasteiger partial charge in [-0.2, -0.15) is 0 Å². The minimum Gasteiger partial charge on any atom is -0.355 e. The smallest absolute Gasteiger partial charge is 0.225 e. The summed E-state index contributed by atoms with van der Waals surface area (Å²) in [4.78, 5) is 24.2. The predicted molar refractivity (Wildman–Crippen MR) is 103 cm³/mol. The lowest BCUT2D eigenvalue weighted by atomic mass is 10.1. The Morgan fingerprint density at radius 3 is 2.46 bits per heavy atom. The lowest BCUT2D eigenvalue weighted by molar-refractivity contribution is -0.134. The Hall–Kier alpha value is -1.34. The average molecular weight is 363 g/mol. The molecule has 7 heteroatoms. The Bertz CT molecular complexity index is 524. The molecule has 5 aliphatic rings. The lowest BCUT2D eigenvalue weighted by Crippen LogP contribution is -2.64. The van der Waals surface area contributed by atoms with Crippen LogP contribution < -0.4 is 10.6 Å². The Balaban J connectivity index is 1.22. The normalized spacial score (nSPS) is 35.1. The molecule has 1 amide bonds. The molecule has 4 saturated heterocycles. The summed E-state index contributed by atoms with van der Waals surface area (Å²) in [5.41, 5.74) is 0. The molecule has 146 valence electrons. The zero-order valence-electron chi connectivity index (χ0n) is 16.1. The standard InChI is InChI=1S/C19H34N6O/c1-20-19(21-12-17-14-23-8-10-24(17)11-9-23)22-16-6-7-25(13-16)18(26)15-4-2-3-5-15/h15-17H,2-14H2,1H3,(H2,20,21,22). The van der Waals surface area contributed by atoms with Crippen molar-refractivity contribution in [2.24, 2.45) is 10.9 Å². The van der Waals surface area contributed by atoms with Gasteiger partial charge in [0.15, 0.2) is 5.96 Å². The van der Waals surface area contributed by atoms with Crippen LogP contribution in [0.1, 0.15) is 32.1 Å². The highest BCUT2D eigenvalue weighted by Crippen LogP contribution is 2.27. The van der Waals surface area contributed by atoms with Gasteiger partial charge in [0.05, 0.1) is 0 Å². The number of aliphatic imine (C=N–C) groups is 1. The van der Waals surface area contributed by atoms with E-state index in [1.54, 1.807) is 0 Å². The number of piperazine rings is 3. The van der Waals surface area contributed by atoms with E-state index in [-0.39, 0.29) is 5.92 Å². The summed E-state index contributed by atoms with van der Waals surface area (Å²) in [7, 11) is 1.84. The molecule has 5 fully saturated rings. The number of nitrogens with zero attached hydrogens (tertiary/aromatic N) is 4. The molecule has 4 heterocycles. The van der Waals surface area contributed by atoms with E-state index >= 15 is 0 Å². The molecule has 26 heavy (non-hydrogen) atoms. The summed E-state index contributed by atoms with van der Waals surface area (Å²) in [5.74, 6) is 1.55. The van der Waals surface area contributed by atoms with Crippen LogP contribution in [0.15, 0.2) is 4.99 Å². The highest BCUT2D eigenvalue weighted by atomic mass is 16.2. The largest absolute Gasteiger partial charge is 0.355 e. The van der Waals surface area contributed by atoms with E-state index in [1.807, 2.05) is 7.05 Å². The fraction of sp³-hybridized carbons (Fsp3) is 0.895. The van der Waals surface area contributed by atoms with Crippen LogP contribution in [-0.2, 0) is 4.79 Å². The van der Waals surface area contributed by atoms with Crippen LogP contribution in [0, 0.1) is 5.92 Å². The van der Waals surface area contributed by atoms with Gasteiger partial charge in [0.1, 0.15) is 0 Å². The molecule has 0 aromatic rings. The second-order valence-electron chi connectivity index (χ2n) is 8.34.